The molecule has 1 saturated heterocycles. The lowest BCUT2D eigenvalue weighted by molar-refractivity contribution is -0.127. The van der Waals surface area contributed by atoms with E-state index in [4.69, 9.17) is 4.99 Å². The summed E-state index contributed by atoms with van der Waals surface area (Å²) in [5.74, 6) is 0.718. The Morgan fingerprint density at radius 1 is 1.37 bits per heavy atom. The summed E-state index contributed by atoms with van der Waals surface area (Å²) in [4.78, 5) is 20.7. The molecule has 150 valence electrons. The molecule has 7 heteroatoms. The molecule has 2 N–H and O–H groups in total. The van der Waals surface area contributed by atoms with Crippen LogP contribution in [0, 0.1) is 6.92 Å². The Morgan fingerprint density at radius 2 is 2.15 bits per heavy atom. The highest BCUT2D eigenvalue weighted by molar-refractivity contribution is 9.10. The van der Waals surface area contributed by atoms with Crippen LogP contribution in [0.4, 0.5) is 0 Å². The first kappa shape index (κ1) is 21.7. The Morgan fingerprint density at radius 3 is 2.81 bits per heavy atom. The number of likely N-dealkylation sites (tertiary alicyclic amines) is 1. The van der Waals surface area contributed by atoms with Crippen molar-refractivity contribution >= 4 is 27.8 Å². The topological polar surface area (TPSA) is 60.0 Å². The van der Waals surface area contributed by atoms with Crippen LogP contribution in [-0.2, 0) is 11.3 Å². The lowest BCUT2D eigenvalue weighted by Gasteiger charge is -2.24. The Kier molecular flexibility index (Phi) is 8.57. The number of carbonyl (C=O) groups excluding carboxylic acids is 1. The molecule has 0 aromatic heterocycles. The second-order valence-electron chi connectivity index (χ2n) is 7.18. The number of nitrogens with zero attached hydrogens (tertiary/aromatic N) is 3. The molecule has 0 saturated carbocycles. The van der Waals surface area contributed by atoms with Gasteiger partial charge < -0.3 is 15.5 Å². The van der Waals surface area contributed by atoms with Crippen molar-refractivity contribution < 1.29 is 4.79 Å². The van der Waals surface area contributed by atoms with Gasteiger partial charge in [0.25, 0.3) is 0 Å². The maximum atomic E-state index is 11.9. The summed E-state index contributed by atoms with van der Waals surface area (Å²) in [6, 6.07) is 6.74. The summed E-state index contributed by atoms with van der Waals surface area (Å²) in [6.45, 7) is 8.19. The molecule has 1 heterocycles. The molecule has 1 aliphatic heterocycles. The summed E-state index contributed by atoms with van der Waals surface area (Å²) in [5.41, 5.74) is 2.37. The number of carbonyl (C=O) groups is 1. The van der Waals surface area contributed by atoms with Crippen LogP contribution < -0.4 is 10.6 Å². The molecule has 1 amide bonds. The second kappa shape index (κ2) is 10.7. The fraction of sp³-hybridized carbons (Fsp3) is 0.600. The molecule has 1 fully saturated rings. The van der Waals surface area contributed by atoms with Crippen LogP contribution in [0.5, 0.6) is 0 Å². The largest absolute Gasteiger partial charge is 0.355 e. The van der Waals surface area contributed by atoms with Gasteiger partial charge in [-0.25, -0.2) is 4.99 Å². The number of aryl methyl sites for hydroxylation is 1. The number of rotatable bonds is 7. The van der Waals surface area contributed by atoms with Crippen LogP contribution in [0.3, 0.4) is 0 Å². The van der Waals surface area contributed by atoms with Gasteiger partial charge in [0.05, 0.1) is 13.1 Å². The molecule has 1 aromatic rings. The minimum absolute atomic E-state index is 0.0281. The summed E-state index contributed by atoms with van der Waals surface area (Å²) in [5, 5.41) is 6.62. The van der Waals surface area contributed by atoms with Crippen molar-refractivity contribution in [2.45, 2.75) is 39.3 Å². The van der Waals surface area contributed by atoms with Gasteiger partial charge in [-0.1, -0.05) is 28.9 Å². The van der Waals surface area contributed by atoms with Gasteiger partial charge in [0.1, 0.15) is 0 Å². The molecular formula is C20H32BrN5O. The third kappa shape index (κ3) is 6.81. The van der Waals surface area contributed by atoms with E-state index in [-0.39, 0.29) is 12.5 Å². The zero-order valence-electron chi connectivity index (χ0n) is 16.9. The van der Waals surface area contributed by atoms with Gasteiger partial charge in [0.15, 0.2) is 5.96 Å². The number of guanidine groups is 1. The predicted octanol–water partition coefficient (Wildman–Crippen LogP) is 2.37. The van der Waals surface area contributed by atoms with Gasteiger partial charge in [-0.05, 0) is 56.1 Å². The number of hydrogen-bond donors (Lipinski definition) is 2. The maximum absolute atomic E-state index is 11.9. The van der Waals surface area contributed by atoms with Crippen LogP contribution in [0.2, 0.25) is 0 Å². The van der Waals surface area contributed by atoms with Crippen molar-refractivity contribution in [2.75, 3.05) is 40.3 Å². The lowest BCUT2D eigenvalue weighted by atomic mass is 10.1. The van der Waals surface area contributed by atoms with Gasteiger partial charge in [0, 0.05) is 31.2 Å². The fourth-order valence-corrected chi connectivity index (χ4v) is 3.73. The molecule has 1 unspecified atom stereocenters. The van der Waals surface area contributed by atoms with E-state index in [2.05, 4.69) is 57.4 Å². The zero-order valence-corrected chi connectivity index (χ0v) is 18.5. The third-order valence-electron chi connectivity index (χ3n) is 5.03. The Labute approximate surface area is 171 Å². The number of likely N-dealkylation sites (N-methyl/N-ethyl adjacent to an activating group) is 2. The first-order chi connectivity index (χ1) is 12.9. The normalized spacial score (nSPS) is 17.8. The predicted molar refractivity (Wildman–Crippen MR) is 115 cm³/mol. The van der Waals surface area contributed by atoms with Gasteiger partial charge >= 0.3 is 0 Å². The number of halogens is 1. The van der Waals surface area contributed by atoms with Crippen molar-refractivity contribution in [1.82, 2.24) is 20.4 Å². The molecule has 0 aliphatic carbocycles. The van der Waals surface area contributed by atoms with E-state index in [9.17, 15) is 4.79 Å². The highest BCUT2D eigenvalue weighted by Gasteiger charge is 2.22. The molecule has 6 nitrogen and oxygen atoms in total. The fourth-order valence-electron chi connectivity index (χ4n) is 3.25. The van der Waals surface area contributed by atoms with Gasteiger partial charge in [0.2, 0.25) is 5.91 Å². The molecule has 27 heavy (non-hydrogen) atoms. The summed E-state index contributed by atoms with van der Waals surface area (Å²) in [7, 11) is 3.52. The lowest BCUT2D eigenvalue weighted by Crippen LogP contribution is -2.47. The average Bonchev–Trinajstić information content (AvgIpc) is 3.09. The maximum Gasteiger partial charge on any atom is 0.241 e. The first-order valence-electron chi connectivity index (χ1n) is 9.62. The van der Waals surface area contributed by atoms with Gasteiger partial charge in [-0.15, -0.1) is 0 Å². The molecule has 0 spiro atoms. The highest BCUT2D eigenvalue weighted by atomic mass is 79.9. The second-order valence-corrected chi connectivity index (χ2v) is 8.10. The van der Waals surface area contributed by atoms with E-state index < -0.39 is 0 Å². The smallest absolute Gasteiger partial charge is 0.241 e. The quantitative estimate of drug-likeness (QED) is 0.507. The van der Waals surface area contributed by atoms with Crippen LogP contribution in [0.25, 0.3) is 0 Å². The van der Waals surface area contributed by atoms with Crippen molar-refractivity contribution in [1.29, 1.82) is 0 Å². The van der Waals surface area contributed by atoms with Crippen molar-refractivity contribution in [3.63, 3.8) is 0 Å². The average molecular weight is 438 g/mol. The molecular weight excluding hydrogens is 406 g/mol. The van der Waals surface area contributed by atoms with Crippen LogP contribution in [0.1, 0.15) is 30.9 Å². The third-order valence-corrected chi connectivity index (χ3v) is 5.52. The standard InChI is InChI=1S/C20H32BrN5O/c1-5-26-10-6-7-18(26)13-23-20(24-14-19(27)25(3)4)22-12-16-8-9-17(21)11-15(16)2/h8-9,11,18H,5-7,10,12-14H2,1-4H3,(H2,22,23,24). The number of amides is 1. The Balaban J connectivity index is 2.02. The number of aliphatic imine (C=N–C) groups is 1. The summed E-state index contributed by atoms with van der Waals surface area (Å²) < 4.78 is 1.07. The van der Waals surface area contributed by atoms with E-state index in [0.717, 1.165) is 17.6 Å². The minimum atomic E-state index is 0.0281. The molecule has 0 radical (unpaired) electrons. The first-order valence-corrected chi connectivity index (χ1v) is 10.4. The van der Waals surface area contributed by atoms with Crippen molar-refractivity contribution in [3.8, 4) is 0 Å². The highest BCUT2D eigenvalue weighted by Crippen LogP contribution is 2.17. The number of nitrogens with one attached hydrogen (secondary N) is 2. The van der Waals surface area contributed by atoms with Crippen molar-refractivity contribution in [2.24, 2.45) is 4.99 Å². The molecule has 1 aliphatic rings. The zero-order chi connectivity index (χ0) is 19.8. The Hall–Kier alpha value is -1.60. The monoisotopic (exact) mass is 437 g/mol. The Bertz CT molecular complexity index is 662. The van der Waals surface area contributed by atoms with E-state index >= 15 is 0 Å². The number of benzene rings is 1. The van der Waals surface area contributed by atoms with E-state index in [1.165, 1.54) is 30.5 Å². The molecule has 0 bridgehead atoms. The minimum Gasteiger partial charge on any atom is -0.355 e. The SMILES string of the molecule is CCN1CCCC1CNC(=NCc1ccc(Br)cc1C)NCC(=O)N(C)C. The van der Waals surface area contributed by atoms with Crippen LogP contribution in [0.15, 0.2) is 27.7 Å². The van der Waals surface area contributed by atoms with E-state index in [1.807, 2.05) is 6.07 Å². The van der Waals surface area contributed by atoms with Crippen molar-refractivity contribution in [3.05, 3.63) is 33.8 Å². The molecule has 1 atom stereocenters. The van der Waals surface area contributed by atoms with Crippen LogP contribution in [-0.4, -0.2) is 68.0 Å². The van der Waals surface area contributed by atoms with E-state index in [1.54, 1.807) is 19.0 Å². The van der Waals surface area contributed by atoms with Gasteiger partial charge in [-0.3, -0.25) is 9.69 Å². The van der Waals surface area contributed by atoms with Crippen LogP contribution >= 0.6 is 15.9 Å². The summed E-state index contributed by atoms with van der Waals surface area (Å²) >= 11 is 3.50. The van der Waals surface area contributed by atoms with Gasteiger partial charge in [-0.2, -0.15) is 0 Å². The summed E-state index contributed by atoms with van der Waals surface area (Å²) in [6.07, 6.45) is 2.45. The molecule has 2 rings (SSSR count). The number of hydrogen-bond acceptors (Lipinski definition) is 3. The van der Waals surface area contributed by atoms with E-state index in [0.29, 0.717) is 18.5 Å². The molecule has 1 aromatic carbocycles.